The van der Waals surface area contributed by atoms with Crippen molar-refractivity contribution in [3.8, 4) is 0 Å². The van der Waals surface area contributed by atoms with Crippen molar-refractivity contribution in [1.82, 2.24) is 5.32 Å². The number of amides is 1. The molecule has 1 spiro atoms. The molecule has 5 rings (SSSR count). The fourth-order valence-electron chi connectivity index (χ4n) is 4.54. The molecule has 2 N–H and O–H groups in total. The Bertz CT molecular complexity index is 751. The van der Waals surface area contributed by atoms with Crippen LogP contribution in [0.1, 0.15) is 65.7 Å². The van der Waals surface area contributed by atoms with E-state index >= 15 is 0 Å². The largest absolute Gasteiger partial charge is 0.374 e. The van der Waals surface area contributed by atoms with Gasteiger partial charge in [0.15, 0.2) is 0 Å². The molecule has 0 aromatic carbocycles. The zero-order valence-corrected chi connectivity index (χ0v) is 14.7. The Morgan fingerprint density at radius 2 is 2.08 bits per heavy atom. The van der Waals surface area contributed by atoms with Gasteiger partial charge in [-0.2, -0.15) is 0 Å². The lowest BCUT2D eigenvalue weighted by molar-refractivity contribution is 0.0798. The number of nitrogens with one attached hydrogen (secondary N) is 2. The minimum atomic E-state index is 0.0212. The van der Waals surface area contributed by atoms with Crippen LogP contribution in [0.2, 0.25) is 0 Å². The third-order valence-corrected chi connectivity index (χ3v) is 7.19. The summed E-state index contributed by atoms with van der Waals surface area (Å²) in [5.41, 5.74) is 3.24. The highest BCUT2D eigenvalue weighted by atomic mass is 32.1. The number of aliphatic imine (C=N–C) groups is 1. The van der Waals surface area contributed by atoms with Crippen molar-refractivity contribution >= 4 is 28.0 Å². The van der Waals surface area contributed by atoms with Crippen molar-refractivity contribution < 1.29 is 4.79 Å². The maximum Gasteiger partial charge on any atom is 0.255 e. The Kier molecular flexibility index (Phi) is 3.34. The Labute approximate surface area is 146 Å². The molecular weight excluding hydrogens is 318 g/mol. The van der Waals surface area contributed by atoms with Crippen LogP contribution in [-0.4, -0.2) is 29.7 Å². The first-order chi connectivity index (χ1) is 11.7. The third-order valence-electron chi connectivity index (χ3n) is 6.00. The molecule has 1 amide bonds. The second-order valence-electron chi connectivity index (χ2n) is 7.63. The number of hydrogen-bond donors (Lipinski definition) is 2. The number of carbonyl (C=O) groups is 1. The van der Waals surface area contributed by atoms with E-state index < -0.39 is 0 Å². The van der Waals surface area contributed by atoms with Crippen LogP contribution in [-0.2, 0) is 6.42 Å². The van der Waals surface area contributed by atoms with Gasteiger partial charge >= 0.3 is 0 Å². The summed E-state index contributed by atoms with van der Waals surface area (Å²) in [6.45, 7) is 0.769. The van der Waals surface area contributed by atoms with Gasteiger partial charge < -0.3 is 10.6 Å². The predicted octanol–water partition coefficient (Wildman–Crippen LogP) is 3.67. The van der Waals surface area contributed by atoms with Crippen molar-refractivity contribution in [3.05, 3.63) is 28.2 Å². The Balaban J connectivity index is 1.57. The summed E-state index contributed by atoms with van der Waals surface area (Å²) in [6, 6.07) is 0.522. The molecule has 2 fully saturated rings. The SMILES string of the molecule is O=C1NC2(CCC2)Cc2c(C3=NCC=C3)sc(NC3CCCC3)c21. The topological polar surface area (TPSA) is 53.5 Å². The molecule has 0 atom stereocenters. The van der Waals surface area contributed by atoms with Crippen molar-refractivity contribution in [3.63, 3.8) is 0 Å². The molecule has 1 aromatic rings. The van der Waals surface area contributed by atoms with E-state index in [4.69, 9.17) is 0 Å². The van der Waals surface area contributed by atoms with Crippen LogP contribution in [0, 0.1) is 0 Å². The van der Waals surface area contributed by atoms with Crippen LogP contribution in [0.5, 0.6) is 0 Å². The van der Waals surface area contributed by atoms with Gasteiger partial charge in [0, 0.05) is 11.6 Å². The van der Waals surface area contributed by atoms with Crippen LogP contribution in [0.15, 0.2) is 17.1 Å². The number of fused-ring (bicyclic) bond motifs is 1. The zero-order valence-electron chi connectivity index (χ0n) is 13.9. The van der Waals surface area contributed by atoms with Gasteiger partial charge in [-0.25, -0.2) is 0 Å². The smallest absolute Gasteiger partial charge is 0.255 e. The summed E-state index contributed by atoms with van der Waals surface area (Å²) >= 11 is 1.74. The molecule has 126 valence electrons. The number of allylic oxidation sites excluding steroid dienone is 1. The maximum absolute atomic E-state index is 12.9. The van der Waals surface area contributed by atoms with Crippen molar-refractivity contribution in [2.45, 2.75) is 62.9 Å². The molecule has 2 aliphatic heterocycles. The van der Waals surface area contributed by atoms with Gasteiger partial charge in [-0.05, 0) is 50.2 Å². The standard InChI is InChI=1S/C19H23N3OS/c23-17-15-13(11-19(22-17)8-4-9-19)16(14-7-3-10-20-14)24-18(15)21-12-5-1-2-6-12/h3,7,12,21H,1-2,4-6,8-11H2,(H,22,23). The van der Waals surface area contributed by atoms with E-state index in [2.05, 4.69) is 27.8 Å². The van der Waals surface area contributed by atoms with E-state index in [0.29, 0.717) is 6.04 Å². The molecule has 5 heteroatoms. The average molecular weight is 341 g/mol. The van der Waals surface area contributed by atoms with E-state index in [0.717, 1.165) is 42.1 Å². The Hall–Kier alpha value is -1.62. The van der Waals surface area contributed by atoms with Crippen LogP contribution >= 0.6 is 11.3 Å². The number of anilines is 1. The Morgan fingerprint density at radius 1 is 1.25 bits per heavy atom. The van der Waals surface area contributed by atoms with E-state index in [-0.39, 0.29) is 11.4 Å². The fraction of sp³-hybridized carbons (Fsp3) is 0.579. The molecule has 4 aliphatic rings. The first-order valence-electron chi connectivity index (χ1n) is 9.20. The summed E-state index contributed by atoms with van der Waals surface area (Å²) < 4.78 is 0. The van der Waals surface area contributed by atoms with Crippen molar-refractivity contribution in [2.75, 3.05) is 11.9 Å². The first kappa shape index (κ1) is 14.7. The number of carbonyl (C=O) groups excluding carboxylic acids is 1. The summed E-state index contributed by atoms with van der Waals surface area (Å²) in [4.78, 5) is 18.8. The van der Waals surface area contributed by atoms with Crippen LogP contribution in [0.3, 0.4) is 0 Å². The molecule has 24 heavy (non-hydrogen) atoms. The lowest BCUT2D eigenvalue weighted by atomic mass is 9.70. The highest BCUT2D eigenvalue weighted by molar-refractivity contribution is 7.18. The molecule has 0 unspecified atom stereocenters. The summed E-state index contributed by atoms with van der Waals surface area (Å²) in [5.74, 6) is 0.126. The third kappa shape index (κ3) is 2.25. The van der Waals surface area contributed by atoms with Gasteiger partial charge in [0.2, 0.25) is 0 Å². The highest BCUT2D eigenvalue weighted by Gasteiger charge is 2.45. The van der Waals surface area contributed by atoms with Crippen molar-refractivity contribution in [1.29, 1.82) is 0 Å². The number of thiophene rings is 1. The average Bonchev–Trinajstić information content (AvgIpc) is 3.26. The van der Waals surface area contributed by atoms with E-state index in [1.807, 2.05) is 0 Å². The summed E-state index contributed by atoms with van der Waals surface area (Å²) in [7, 11) is 0. The highest BCUT2D eigenvalue weighted by Crippen LogP contribution is 2.45. The summed E-state index contributed by atoms with van der Waals surface area (Å²) in [6.07, 6.45) is 13.7. The molecule has 0 bridgehead atoms. The van der Waals surface area contributed by atoms with Crippen LogP contribution in [0.4, 0.5) is 5.00 Å². The minimum Gasteiger partial charge on any atom is -0.374 e. The van der Waals surface area contributed by atoms with Gasteiger partial charge in [-0.1, -0.05) is 18.9 Å². The number of nitrogens with zero attached hydrogens (tertiary/aromatic N) is 1. The van der Waals surface area contributed by atoms with Crippen LogP contribution in [0.25, 0.3) is 0 Å². The normalized spacial score (nSPS) is 24.7. The minimum absolute atomic E-state index is 0.0212. The van der Waals surface area contributed by atoms with E-state index in [1.54, 1.807) is 11.3 Å². The second-order valence-corrected chi connectivity index (χ2v) is 8.65. The maximum atomic E-state index is 12.9. The molecule has 2 aliphatic carbocycles. The van der Waals surface area contributed by atoms with Gasteiger partial charge in [-0.3, -0.25) is 9.79 Å². The predicted molar refractivity (Wildman–Crippen MR) is 98.5 cm³/mol. The lowest BCUT2D eigenvalue weighted by Crippen LogP contribution is -2.57. The Morgan fingerprint density at radius 3 is 2.75 bits per heavy atom. The molecule has 1 aromatic heterocycles. The van der Waals surface area contributed by atoms with Gasteiger partial charge in [0.1, 0.15) is 5.00 Å². The second kappa shape index (κ2) is 5.45. The van der Waals surface area contributed by atoms with Gasteiger partial charge in [-0.15, -0.1) is 11.3 Å². The summed E-state index contributed by atoms with van der Waals surface area (Å²) in [5, 5.41) is 8.08. The number of rotatable bonds is 3. The molecule has 0 radical (unpaired) electrons. The number of hydrogen-bond acceptors (Lipinski definition) is 4. The van der Waals surface area contributed by atoms with Crippen LogP contribution < -0.4 is 10.6 Å². The molecular formula is C19H23N3OS. The molecule has 0 saturated heterocycles. The van der Waals surface area contributed by atoms with Crippen molar-refractivity contribution in [2.24, 2.45) is 4.99 Å². The quantitative estimate of drug-likeness (QED) is 0.881. The zero-order chi connectivity index (χ0) is 16.1. The van der Waals surface area contributed by atoms with Gasteiger partial charge in [0.25, 0.3) is 5.91 Å². The lowest BCUT2D eigenvalue weighted by Gasteiger charge is -2.45. The van der Waals surface area contributed by atoms with E-state index in [9.17, 15) is 4.79 Å². The van der Waals surface area contributed by atoms with Gasteiger partial charge in [0.05, 0.1) is 22.7 Å². The molecule has 4 nitrogen and oxygen atoms in total. The molecule has 2 saturated carbocycles. The van der Waals surface area contributed by atoms with E-state index in [1.165, 1.54) is 42.5 Å². The molecule has 3 heterocycles. The fourth-order valence-corrected chi connectivity index (χ4v) is 5.83. The monoisotopic (exact) mass is 341 g/mol. The first-order valence-corrected chi connectivity index (χ1v) is 10.0.